The predicted octanol–water partition coefficient (Wildman–Crippen LogP) is 2.86. The molecule has 1 atom stereocenters. The molecule has 1 unspecified atom stereocenters. The van der Waals surface area contributed by atoms with E-state index in [2.05, 4.69) is 25.7 Å². The highest BCUT2D eigenvalue weighted by Gasteiger charge is 2.09. The van der Waals surface area contributed by atoms with Crippen LogP contribution in [0, 0.1) is 0 Å². The minimum atomic E-state index is -0.184. The maximum absolute atomic E-state index is 11.9. The maximum Gasteiger partial charge on any atom is 0.0906 e. The molecule has 0 rings (SSSR count). The van der Waals surface area contributed by atoms with Crippen LogP contribution in [0.25, 0.3) is 0 Å². The summed E-state index contributed by atoms with van der Waals surface area (Å²) >= 11 is 0. The van der Waals surface area contributed by atoms with Crippen molar-refractivity contribution in [1.29, 1.82) is 0 Å². The first kappa shape index (κ1) is 11.9. The molecule has 0 fully saturated rings. The lowest BCUT2D eigenvalue weighted by molar-refractivity contribution is 0.195. The third kappa shape index (κ3) is 4.70. The number of halogens is 1. The van der Waals surface area contributed by atoms with Gasteiger partial charge in [-0.25, -0.2) is 0 Å². The van der Waals surface area contributed by atoms with Gasteiger partial charge in [-0.1, -0.05) is 13.8 Å². The molecule has 0 aliphatic heterocycles. The molecule has 74 valence electrons. The van der Waals surface area contributed by atoms with Crippen molar-refractivity contribution in [3.8, 4) is 0 Å². The lowest BCUT2D eigenvalue weighted by atomic mass is 10.2. The number of hydrogen-bond donors (Lipinski definition) is 0. The van der Waals surface area contributed by atoms with Gasteiger partial charge in [0.15, 0.2) is 0 Å². The van der Waals surface area contributed by atoms with Gasteiger partial charge in [-0.15, -0.1) is 0 Å². The molecule has 0 heterocycles. The molecule has 0 aliphatic rings. The molecule has 0 spiro atoms. The Balaban J connectivity index is 3.68. The van der Waals surface area contributed by atoms with Gasteiger partial charge in [0.1, 0.15) is 0 Å². The van der Waals surface area contributed by atoms with Crippen molar-refractivity contribution in [3.05, 3.63) is 0 Å². The quantitative estimate of drug-likeness (QED) is 0.575. The first-order valence-electron chi connectivity index (χ1n) is 5.06. The highest BCUT2D eigenvalue weighted by Crippen LogP contribution is 2.05. The largest absolute Gasteiger partial charge is 0.301 e. The summed E-state index contributed by atoms with van der Waals surface area (Å²) in [5.41, 5.74) is 0. The summed E-state index contributed by atoms with van der Waals surface area (Å²) < 4.78 is 11.9. The smallest absolute Gasteiger partial charge is 0.0906 e. The van der Waals surface area contributed by atoms with Crippen molar-refractivity contribution in [2.45, 2.75) is 46.1 Å². The molecule has 0 radical (unpaired) electrons. The van der Waals surface area contributed by atoms with Gasteiger partial charge in [-0.2, -0.15) is 0 Å². The van der Waals surface area contributed by atoms with Crippen molar-refractivity contribution >= 4 is 0 Å². The number of alkyl halides is 1. The van der Waals surface area contributed by atoms with Crippen LogP contribution in [0.3, 0.4) is 0 Å². The fraction of sp³-hybridized carbons (Fsp3) is 1.00. The van der Waals surface area contributed by atoms with Crippen LogP contribution < -0.4 is 0 Å². The average Bonchev–Trinajstić information content (AvgIpc) is 2.11. The lowest BCUT2D eigenvalue weighted by Gasteiger charge is -2.27. The summed E-state index contributed by atoms with van der Waals surface area (Å²) in [7, 11) is 0. The molecule has 0 amide bonds. The third-order valence-electron chi connectivity index (χ3n) is 2.30. The van der Waals surface area contributed by atoms with E-state index in [-0.39, 0.29) is 6.67 Å². The predicted molar refractivity (Wildman–Crippen MR) is 52.2 cm³/mol. The SMILES string of the molecule is CCCN(CCCF)C(C)CC. The van der Waals surface area contributed by atoms with Gasteiger partial charge >= 0.3 is 0 Å². The van der Waals surface area contributed by atoms with Crippen LogP contribution in [0.4, 0.5) is 4.39 Å². The second-order valence-electron chi connectivity index (χ2n) is 3.34. The minimum Gasteiger partial charge on any atom is -0.301 e. The summed E-state index contributed by atoms with van der Waals surface area (Å²) in [5.74, 6) is 0. The monoisotopic (exact) mass is 175 g/mol. The van der Waals surface area contributed by atoms with E-state index >= 15 is 0 Å². The molecule has 0 aromatic rings. The van der Waals surface area contributed by atoms with E-state index in [1.807, 2.05) is 0 Å². The van der Waals surface area contributed by atoms with Gasteiger partial charge in [0, 0.05) is 12.6 Å². The standard InChI is InChI=1S/C10H22FN/c1-4-8-12(9-6-7-11)10(3)5-2/h10H,4-9H2,1-3H3. The van der Waals surface area contributed by atoms with Crippen molar-refractivity contribution < 1.29 is 4.39 Å². The molecule has 0 saturated carbocycles. The van der Waals surface area contributed by atoms with Gasteiger partial charge in [0.05, 0.1) is 6.67 Å². The zero-order valence-corrected chi connectivity index (χ0v) is 8.65. The Bertz CT molecular complexity index is 95.8. The molecule has 0 saturated heterocycles. The highest BCUT2D eigenvalue weighted by molar-refractivity contribution is 4.64. The number of rotatable bonds is 7. The topological polar surface area (TPSA) is 3.24 Å². The van der Waals surface area contributed by atoms with Gasteiger partial charge in [-0.3, -0.25) is 4.39 Å². The van der Waals surface area contributed by atoms with Crippen LogP contribution in [-0.2, 0) is 0 Å². The maximum atomic E-state index is 11.9. The summed E-state index contributed by atoms with van der Waals surface area (Å²) in [6.07, 6.45) is 3.01. The first-order chi connectivity index (χ1) is 5.76. The first-order valence-corrected chi connectivity index (χ1v) is 5.06. The van der Waals surface area contributed by atoms with Crippen molar-refractivity contribution in [1.82, 2.24) is 4.90 Å². The fourth-order valence-corrected chi connectivity index (χ4v) is 1.36. The van der Waals surface area contributed by atoms with Crippen molar-refractivity contribution in [2.75, 3.05) is 19.8 Å². The van der Waals surface area contributed by atoms with E-state index in [1.165, 1.54) is 0 Å². The van der Waals surface area contributed by atoms with Crippen LogP contribution >= 0.6 is 0 Å². The summed E-state index contributed by atoms with van der Waals surface area (Å²) in [6, 6.07) is 0.608. The van der Waals surface area contributed by atoms with E-state index in [1.54, 1.807) is 0 Å². The van der Waals surface area contributed by atoms with Gasteiger partial charge in [0.2, 0.25) is 0 Å². The molecule has 1 nitrogen and oxygen atoms in total. The number of nitrogens with zero attached hydrogens (tertiary/aromatic N) is 1. The highest BCUT2D eigenvalue weighted by atomic mass is 19.1. The molecule has 0 aliphatic carbocycles. The van der Waals surface area contributed by atoms with Gasteiger partial charge in [-0.05, 0) is 32.7 Å². The zero-order valence-electron chi connectivity index (χ0n) is 8.65. The van der Waals surface area contributed by atoms with E-state index in [9.17, 15) is 4.39 Å². The molecule has 0 N–H and O–H groups in total. The normalized spacial score (nSPS) is 13.8. The van der Waals surface area contributed by atoms with Crippen LogP contribution in [-0.4, -0.2) is 30.7 Å². The van der Waals surface area contributed by atoms with Crippen LogP contribution in [0.2, 0.25) is 0 Å². The molecule has 12 heavy (non-hydrogen) atoms. The van der Waals surface area contributed by atoms with Crippen LogP contribution in [0.1, 0.15) is 40.0 Å². The van der Waals surface area contributed by atoms with Crippen LogP contribution in [0.5, 0.6) is 0 Å². The molecule has 0 aromatic carbocycles. The Labute approximate surface area is 75.9 Å². The third-order valence-corrected chi connectivity index (χ3v) is 2.30. The zero-order chi connectivity index (χ0) is 9.40. The Hall–Kier alpha value is -0.110. The summed E-state index contributed by atoms with van der Waals surface area (Å²) in [5, 5.41) is 0. The Kier molecular flexibility index (Phi) is 7.47. The summed E-state index contributed by atoms with van der Waals surface area (Å²) in [4.78, 5) is 2.37. The minimum absolute atomic E-state index is 0.184. The second-order valence-corrected chi connectivity index (χ2v) is 3.34. The van der Waals surface area contributed by atoms with E-state index < -0.39 is 0 Å². The van der Waals surface area contributed by atoms with Gasteiger partial charge < -0.3 is 4.90 Å². The van der Waals surface area contributed by atoms with Crippen LogP contribution in [0.15, 0.2) is 0 Å². The lowest BCUT2D eigenvalue weighted by Crippen LogP contribution is -2.34. The second kappa shape index (κ2) is 7.53. The molecular formula is C10H22FN. The Morgan fingerprint density at radius 3 is 2.33 bits per heavy atom. The Morgan fingerprint density at radius 1 is 1.25 bits per heavy atom. The van der Waals surface area contributed by atoms with Crippen molar-refractivity contribution in [3.63, 3.8) is 0 Å². The fourth-order valence-electron chi connectivity index (χ4n) is 1.36. The van der Waals surface area contributed by atoms with Crippen molar-refractivity contribution in [2.24, 2.45) is 0 Å². The molecule has 0 bridgehead atoms. The molecule has 0 aromatic heterocycles. The number of hydrogen-bond acceptors (Lipinski definition) is 1. The molecule has 2 heteroatoms. The van der Waals surface area contributed by atoms with E-state index in [0.29, 0.717) is 12.5 Å². The average molecular weight is 175 g/mol. The Morgan fingerprint density at radius 2 is 1.92 bits per heavy atom. The summed E-state index contributed by atoms with van der Waals surface area (Å²) in [6.45, 7) is 8.41. The van der Waals surface area contributed by atoms with E-state index in [0.717, 1.165) is 25.9 Å². The van der Waals surface area contributed by atoms with Gasteiger partial charge in [0.25, 0.3) is 0 Å². The molecular weight excluding hydrogens is 153 g/mol. The van der Waals surface area contributed by atoms with E-state index in [4.69, 9.17) is 0 Å².